The highest BCUT2D eigenvalue weighted by Crippen LogP contribution is 2.54. The van der Waals surface area contributed by atoms with Gasteiger partial charge in [0.15, 0.2) is 11.4 Å². The lowest BCUT2D eigenvalue weighted by Gasteiger charge is -2.50. The maximum Gasteiger partial charge on any atom is 0.413 e. The summed E-state index contributed by atoms with van der Waals surface area (Å²) in [5.41, 5.74) is 0.769. The number of ether oxygens (including phenoxy) is 2. The van der Waals surface area contributed by atoms with E-state index in [2.05, 4.69) is 5.32 Å². The van der Waals surface area contributed by atoms with Gasteiger partial charge in [0, 0.05) is 43.2 Å². The highest BCUT2D eigenvalue weighted by atomic mass is 16.7. The van der Waals surface area contributed by atoms with Crippen molar-refractivity contribution in [2.24, 2.45) is 17.6 Å². The Bertz CT molecular complexity index is 1760. The first kappa shape index (κ1) is 38.6. The zero-order valence-electron chi connectivity index (χ0n) is 29.8. The Hall–Kier alpha value is -5.16. The molecule has 51 heavy (non-hydrogen) atoms. The molecule has 1 saturated carbocycles. The molecule has 0 radical (unpaired) electrons. The zero-order chi connectivity index (χ0) is 38.5. The summed E-state index contributed by atoms with van der Waals surface area (Å²) in [4.78, 5) is 81.6. The lowest BCUT2D eigenvalue weighted by molar-refractivity contribution is -0.154. The van der Waals surface area contributed by atoms with E-state index in [-0.39, 0.29) is 36.1 Å². The van der Waals surface area contributed by atoms with Crippen molar-refractivity contribution in [1.82, 2.24) is 9.80 Å². The van der Waals surface area contributed by atoms with E-state index in [1.165, 1.54) is 25.1 Å². The Balaban J connectivity index is 1.77. The number of hydrogen-bond donors (Lipinski definition) is 6. The van der Waals surface area contributed by atoms with Gasteiger partial charge in [-0.3, -0.25) is 33.8 Å². The van der Waals surface area contributed by atoms with Crippen LogP contribution in [0.1, 0.15) is 51.7 Å². The summed E-state index contributed by atoms with van der Waals surface area (Å²) in [6, 6.07) is 0.230. The second kappa shape index (κ2) is 13.9. The predicted molar refractivity (Wildman–Crippen MR) is 181 cm³/mol. The van der Waals surface area contributed by atoms with Gasteiger partial charge in [-0.05, 0) is 65.3 Å². The highest BCUT2D eigenvalue weighted by Gasteiger charge is 2.64. The SMILES string of the molecule is CCC(=O)OCOC(=O)N(CC(=O)Nc1cc(N(C)C)c2c(c1O)C(O)=C1C(=O)[C@]3(O)C(O)=C(C(N)=O)C(=O)[C@@H](N(C)C)[C@@H]3C[C@@H]1C2)C(C)(C)C. The number of phenols is 1. The molecule has 278 valence electrons. The molecule has 1 aromatic carbocycles. The third-order valence-electron chi connectivity index (χ3n) is 9.48. The van der Waals surface area contributed by atoms with Gasteiger partial charge < -0.3 is 45.9 Å². The molecular weight excluding hydrogens is 670 g/mol. The second-order valence-electron chi connectivity index (χ2n) is 14.2. The van der Waals surface area contributed by atoms with Crippen LogP contribution in [0, 0.1) is 11.8 Å². The number of benzene rings is 1. The molecule has 17 nitrogen and oxygen atoms in total. The van der Waals surface area contributed by atoms with Gasteiger partial charge in [-0.15, -0.1) is 0 Å². The smallest absolute Gasteiger partial charge is 0.413 e. The minimum Gasteiger partial charge on any atom is -0.508 e. The lowest BCUT2D eigenvalue weighted by Crippen LogP contribution is -2.65. The van der Waals surface area contributed by atoms with Crippen LogP contribution in [0.15, 0.2) is 23.0 Å². The number of nitrogens with zero attached hydrogens (tertiary/aromatic N) is 3. The molecule has 1 fully saturated rings. The normalized spacial score (nSPS) is 22.9. The number of phenolic OH excluding ortho intramolecular Hbond substituents is 1. The number of primary amides is 1. The van der Waals surface area contributed by atoms with Crippen LogP contribution in [0.3, 0.4) is 0 Å². The van der Waals surface area contributed by atoms with Crippen molar-refractivity contribution in [3.05, 3.63) is 34.1 Å². The molecule has 0 aromatic heterocycles. The molecule has 0 unspecified atom stereocenters. The molecule has 3 aliphatic rings. The van der Waals surface area contributed by atoms with E-state index in [9.17, 15) is 49.2 Å². The van der Waals surface area contributed by atoms with Crippen molar-refractivity contribution < 1.29 is 58.7 Å². The number of aliphatic hydroxyl groups excluding tert-OH is 2. The fourth-order valence-electron chi connectivity index (χ4n) is 7.02. The van der Waals surface area contributed by atoms with Crippen LogP contribution in [0.4, 0.5) is 16.2 Å². The van der Waals surface area contributed by atoms with Crippen molar-refractivity contribution >= 4 is 52.6 Å². The van der Waals surface area contributed by atoms with Crippen molar-refractivity contribution in [3.8, 4) is 5.75 Å². The number of rotatable bonds is 9. The largest absolute Gasteiger partial charge is 0.508 e. The molecule has 4 atom stereocenters. The summed E-state index contributed by atoms with van der Waals surface area (Å²) in [5.74, 6) is -9.35. The molecule has 0 spiro atoms. The number of fused-ring (bicyclic) bond motifs is 3. The third kappa shape index (κ3) is 6.70. The maximum absolute atomic E-state index is 14.2. The molecule has 0 bridgehead atoms. The molecule has 17 heteroatoms. The van der Waals surface area contributed by atoms with Crippen LogP contribution in [-0.4, -0.2) is 124 Å². The molecular formula is C34H45N5O12. The number of ketones is 2. The third-order valence-corrected chi connectivity index (χ3v) is 9.48. The molecule has 0 heterocycles. The number of esters is 1. The van der Waals surface area contributed by atoms with E-state index in [4.69, 9.17) is 15.2 Å². The fraction of sp³-hybridized carbons (Fsp3) is 0.529. The first-order valence-electron chi connectivity index (χ1n) is 16.2. The molecule has 0 saturated heterocycles. The fourth-order valence-corrected chi connectivity index (χ4v) is 7.02. The van der Waals surface area contributed by atoms with Crippen molar-refractivity contribution in [3.63, 3.8) is 0 Å². The molecule has 1 aromatic rings. The van der Waals surface area contributed by atoms with E-state index in [0.717, 1.165) is 4.90 Å². The summed E-state index contributed by atoms with van der Waals surface area (Å²) in [6.45, 7) is 5.26. The second-order valence-corrected chi connectivity index (χ2v) is 14.2. The molecule has 7 N–H and O–H groups in total. The monoisotopic (exact) mass is 715 g/mol. The quantitative estimate of drug-likeness (QED) is 0.0908. The van der Waals surface area contributed by atoms with Crippen LogP contribution in [-0.2, 0) is 39.9 Å². The van der Waals surface area contributed by atoms with E-state index in [1.807, 2.05) is 0 Å². The number of likely N-dealkylation sites (N-methyl/N-ethyl adjacent to an activating group) is 1. The average molecular weight is 716 g/mol. The Labute approximate surface area is 294 Å². The number of aromatic hydroxyl groups is 1. The Kier molecular flexibility index (Phi) is 10.5. The van der Waals surface area contributed by atoms with Gasteiger partial charge in [0.25, 0.3) is 5.91 Å². The first-order valence-corrected chi connectivity index (χ1v) is 16.2. The molecule has 3 amide bonds. The summed E-state index contributed by atoms with van der Waals surface area (Å²) >= 11 is 0. The van der Waals surface area contributed by atoms with Gasteiger partial charge >= 0.3 is 12.1 Å². The number of hydrogen-bond acceptors (Lipinski definition) is 14. The average Bonchev–Trinajstić information content (AvgIpc) is 3.01. The van der Waals surface area contributed by atoms with Crippen LogP contribution in [0.2, 0.25) is 0 Å². The topological polar surface area (TPSA) is 250 Å². The number of amides is 3. The van der Waals surface area contributed by atoms with Crippen molar-refractivity contribution in [1.29, 1.82) is 0 Å². The standard InChI is InChI=1S/C34H45N5O12/c1-9-21(41)50-14-51-32(48)39(33(2,3)4)13-20(40)36-18-12-19(37(5)6)16-10-15-11-17-25(38(7)8)28(44)24(31(35)47)30(46)34(17,49)29(45)22(15)27(43)23(16)26(18)42/h12,15,17,25,42-43,46,49H,9-11,13-14H2,1-8H3,(H2,35,47)(H,36,40)/t15-,17-,25-,34-/m0/s1. The predicted octanol–water partition coefficient (Wildman–Crippen LogP) is 1.12. The number of nitrogens with two attached hydrogens (primary N) is 1. The lowest BCUT2D eigenvalue weighted by atomic mass is 9.57. The van der Waals surface area contributed by atoms with Crippen LogP contribution in [0.25, 0.3) is 5.76 Å². The zero-order valence-corrected chi connectivity index (χ0v) is 29.8. The number of carbonyl (C=O) groups is 6. The van der Waals surface area contributed by atoms with Crippen LogP contribution < -0.4 is 16.0 Å². The van der Waals surface area contributed by atoms with E-state index in [1.54, 1.807) is 46.7 Å². The minimum absolute atomic E-state index is 0.0378. The molecule has 4 rings (SSSR count). The summed E-state index contributed by atoms with van der Waals surface area (Å²) in [6.07, 6.45) is -0.939. The van der Waals surface area contributed by atoms with Gasteiger partial charge in [-0.2, -0.15) is 0 Å². The Morgan fingerprint density at radius 2 is 1.69 bits per heavy atom. The highest BCUT2D eigenvalue weighted by molar-refractivity contribution is 6.24. The number of aliphatic hydroxyl groups is 3. The molecule has 0 aliphatic heterocycles. The van der Waals surface area contributed by atoms with Crippen LogP contribution >= 0.6 is 0 Å². The van der Waals surface area contributed by atoms with Gasteiger partial charge in [0.2, 0.25) is 18.5 Å². The number of anilines is 2. The maximum atomic E-state index is 14.2. The van der Waals surface area contributed by atoms with E-state index in [0.29, 0.717) is 11.3 Å². The minimum atomic E-state index is -2.81. The van der Waals surface area contributed by atoms with E-state index < -0.39 is 101 Å². The summed E-state index contributed by atoms with van der Waals surface area (Å²) < 4.78 is 9.82. The van der Waals surface area contributed by atoms with E-state index >= 15 is 0 Å². The number of Topliss-reactive ketones (excluding diaryl/α,β-unsaturated/α-hetero) is 2. The van der Waals surface area contributed by atoms with Crippen molar-refractivity contribution in [2.45, 2.75) is 64.1 Å². The summed E-state index contributed by atoms with van der Waals surface area (Å²) in [7, 11) is 6.38. The number of carbonyl (C=O) groups excluding carboxylic acids is 6. The Morgan fingerprint density at radius 3 is 2.22 bits per heavy atom. The molecule has 3 aliphatic carbocycles. The van der Waals surface area contributed by atoms with Crippen molar-refractivity contribution in [2.75, 3.05) is 51.7 Å². The Morgan fingerprint density at radius 1 is 1.06 bits per heavy atom. The van der Waals surface area contributed by atoms with Crippen LogP contribution in [0.5, 0.6) is 5.75 Å². The van der Waals surface area contributed by atoms with Gasteiger partial charge in [0.05, 0.1) is 17.3 Å². The van der Waals surface area contributed by atoms with Gasteiger partial charge in [-0.25, -0.2) is 4.79 Å². The first-order chi connectivity index (χ1) is 23.6. The summed E-state index contributed by atoms with van der Waals surface area (Å²) in [5, 5.41) is 48.7. The van der Waals surface area contributed by atoms with Gasteiger partial charge in [0.1, 0.15) is 29.4 Å². The van der Waals surface area contributed by atoms with Gasteiger partial charge in [-0.1, -0.05) is 6.92 Å². The number of nitrogens with one attached hydrogen (secondary N) is 1.